The second-order valence-electron chi connectivity index (χ2n) is 4.82. The van der Waals surface area contributed by atoms with Crippen LogP contribution in [-0.4, -0.2) is 30.4 Å². The van der Waals surface area contributed by atoms with E-state index in [0.29, 0.717) is 22.1 Å². The molecule has 4 nitrogen and oxygen atoms in total. The molecule has 1 aromatic rings. The van der Waals surface area contributed by atoms with Gasteiger partial charge in [0.2, 0.25) is 10.0 Å². The Balaban J connectivity index is 3.45. The summed E-state index contributed by atoms with van der Waals surface area (Å²) in [6.07, 6.45) is 0.757. The van der Waals surface area contributed by atoms with Gasteiger partial charge < -0.3 is 5.11 Å². The summed E-state index contributed by atoms with van der Waals surface area (Å²) in [5.74, 6) is 0. The van der Waals surface area contributed by atoms with Crippen molar-refractivity contribution in [1.29, 1.82) is 0 Å². The SMILES string of the molecule is CCC(C)N(CC)S(=O)(=O)c1cc(CO)cc(Br)c1C. The monoisotopic (exact) mass is 363 g/mol. The maximum Gasteiger partial charge on any atom is 0.243 e. The molecule has 0 saturated heterocycles. The molecule has 1 atom stereocenters. The Kier molecular flexibility index (Phi) is 6.19. The maximum absolute atomic E-state index is 12.8. The maximum atomic E-state index is 12.8. The molecule has 0 heterocycles. The number of halogens is 1. The van der Waals surface area contributed by atoms with Crippen molar-refractivity contribution < 1.29 is 13.5 Å². The van der Waals surface area contributed by atoms with E-state index in [1.54, 1.807) is 19.1 Å². The van der Waals surface area contributed by atoms with Crippen LogP contribution in [0.1, 0.15) is 38.3 Å². The second kappa shape index (κ2) is 7.02. The van der Waals surface area contributed by atoms with Crippen molar-refractivity contribution in [3.63, 3.8) is 0 Å². The van der Waals surface area contributed by atoms with Crippen molar-refractivity contribution in [2.75, 3.05) is 6.54 Å². The first kappa shape index (κ1) is 17.6. The Hall–Kier alpha value is -0.430. The zero-order valence-corrected chi connectivity index (χ0v) is 14.8. The van der Waals surface area contributed by atoms with Crippen LogP contribution in [-0.2, 0) is 16.6 Å². The lowest BCUT2D eigenvalue weighted by molar-refractivity contribution is 0.281. The zero-order chi connectivity index (χ0) is 15.5. The zero-order valence-electron chi connectivity index (χ0n) is 12.4. The number of hydrogen-bond donors (Lipinski definition) is 1. The van der Waals surface area contributed by atoms with Crippen LogP contribution in [0.3, 0.4) is 0 Å². The van der Waals surface area contributed by atoms with Gasteiger partial charge in [-0.2, -0.15) is 4.31 Å². The van der Waals surface area contributed by atoms with E-state index in [0.717, 1.165) is 6.42 Å². The van der Waals surface area contributed by atoms with Gasteiger partial charge in [0.05, 0.1) is 11.5 Å². The molecule has 20 heavy (non-hydrogen) atoms. The van der Waals surface area contributed by atoms with Crippen LogP contribution in [0.4, 0.5) is 0 Å². The van der Waals surface area contributed by atoms with Gasteiger partial charge in [0.25, 0.3) is 0 Å². The van der Waals surface area contributed by atoms with Gasteiger partial charge in [-0.25, -0.2) is 8.42 Å². The number of aliphatic hydroxyl groups is 1. The Morgan fingerprint density at radius 1 is 1.35 bits per heavy atom. The molecule has 0 radical (unpaired) electrons. The normalized spacial score (nSPS) is 13.8. The van der Waals surface area contributed by atoms with Gasteiger partial charge in [0, 0.05) is 17.1 Å². The summed E-state index contributed by atoms with van der Waals surface area (Å²) in [7, 11) is -3.56. The highest BCUT2D eigenvalue weighted by molar-refractivity contribution is 9.10. The van der Waals surface area contributed by atoms with E-state index >= 15 is 0 Å². The largest absolute Gasteiger partial charge is 0.392 e. The highest BCUT2D eigenvalue weighted by atomic mass is 79.9. The number of sulfonamides is 1. The standard InChI is InChI=1S/C14H22BrNO3S/c1-5-10(3)16(6-2)20(18,19)14-8-12(9-17)7-13(15)11(14)4/h7-8,10,17H,5-6,9H2,1-4H3. The first-order chi connectivity index (χ1) is 9.29. The molecule has 0 aromatic heterocycles. The van der Waals surface area contributed by atoms with Crippen molar-refractivity contribution >= 4 is 26.0 Å². The molecular formula is C14H22BrNO3S. The molecule has 1 aromatic carbocycles. The van der Waals surface area contributed by atoms with Crippen LogP contribution in [0.5, 0.6) is 0 Å². The van der Waals surface area contributed by atoms with Gasteiger partial charge in [-0.05, 0) is 43.5 Å². The highest BCUT2D eigenvalue weighted by Gasteiger charge is 2.29. The van der Waals surface area contributed by atoms with Crippen LogP contribution in [0.15, 0.2) is 21.5 Å². The van der Waals surface area contributed by atoms with Crippen LogP contribution in [0.2, 0.25) is 0 Å². The third-order valence-corrected chi connectivity index (χ3v) is 6.56. The van der Waals surface area contributed by atoms with Crippen molar-refractivity contribution in [3.05, 3.63) is 27.7 Å². The van der Waals surface area contributed by atoms with E-state index in [1.807, 2.05) is 20.8 Å². The number of hydrogen-bond acceptors (Lipinski definition) is 3. The minimum Gasteiger partial charge on any atom is -0.392 e. The van der Waals surface area contributed by atoms with E-state index in [-0.39, 0.29) is 17.5 Å². The molecule has 0 aliphatic carbocycles. The summed E-state index contributed by atoms with van der Waals surface area (Å²) >= 11 is 3.36. The molecule has 0 saturated carbocycles. The lowest BCUT2D eigenvalue weighted by Crippen LogP contribution is -2.38. The van der Waals surface area contributed by atoms with Crippen LogP contribution >= 0.6 is 15.9 Å². The van der Waals surface area contributed by atoms with Crippen molar-refractivity contribution in [1.82, 2.24) is 4.31 Å². The number of rotatable bonds is 6. The average molecular weight is 364 g/mol. The Morgan fingerprint density at radius 2 is 1.95 bits per heavy atom. The van der Waals surface area contributed by atoms with Gasteiger partial charge in [-0.15, -0.1) is 0 Å². The molecular weight excluding hydrogens is 342 g/mol. The average Bonchev–Trinajstić information content (AvgIpc) is 2.41. The third-order valence-electron chi connectivity index (χ3n) is 3.52. The predicted octanol–water partition coefficient (Wildman–Crippen LogP) is 3.06. The fourth-order valence-electron chi connectivity index (χ4n) is 2.11. The quantitative estimate of drug-likeness (QED) is 0.844. The fraction of sp³-hybridized carbons (Fsp3) is 0.571. The van der Waals surface area contributed by atoms with E-state index in [2.05, 4.69) is 15.9 Å². The smallest absolute Gasteiger partial charge is 0.243 e. The van der Waals surface area contributed by atoms with Crippen molar-refractivity contribution in [2.24, 2.45) is 0 Å². The number of aliphatic hydroxyl groups excluding tert-OH is 1. The lowest BCUT2D eigenvalue weighted by Gasteiger charge is -2.27. The van der Waals surface area contributed by atoms with Crippen LogP contribution in [0, 0.1) is 6.92 Å². The van der Waals surface area contributed by atoms with E-state index < -0.39 is 10.0 Å². The molecule has 6 heteroatoms. The minimum absolute atomic E-state index is 0.0547. The summed E-state index contributed by atoms with van der Waals surface area (Å²) in [6, 6.07) is 3.25. The van der Waals surface area contributed by atoms with Gasteiger partial charge in [0.1, 0.15) is 0 Å². The first-order valence-corrected chi connectivity index (χ1v) is 8.94. The molecule has 114 valence electrons. The Bertz CT molecular complexity index is 572. The molecule has 0 aliphatic heterocycles. The molecule has 0 aliphatic rings. The summed E-state index contributed by atoms with van der Waals surface area (Å²) in [5, 5.41) is 9.26. The van der Waals surface area contributed by atoms with Gasteiger partial charge in [0.15, 0.2) is 0 Å². The number of nitrogens with zero attached hydrogens (tertiary/aromatic N) is 1. The van der Waals surface area contributed by atoms with E-state index in [1.165, 1.54) is 4.31 Å². The molecule has 1 unspecified atom stereocenters. The highest BCUT2D eigenvalue weighted by Crippen LogP contribution is 2.29. The second-order valence-corrected chi connectivity index (χ2v) is 7.54. The van der Waals surface area contributed by atoms with Gasteiger partial charge in [-0.3, -0.25) is 0 Å². The fourth-order valence-corrected chi connectivity index (χ4v) is 4.77. The number of benzene rings is 1. The third kappa shape index (κ3) is 3.42. The topological polar surface area (TPSA) is 57.6 Å². The molecule has 0 bridgehead atoms. The van der Waals surface area contributed by atoms with Gasteiger partial charge >= 0.3 is 0 Å². The molecule has 1 rings (SSSR count). The van der Waals surface area contributed by atoms with Gasteiger partial charge in [-0.1, -0.05) is 29.8 Å². The van der Waals surface area contributed by atoms with Crippen LogP contribution < -0.4 is 0 Å². The van der Waals surface area contributed by atoms with Crippen molar-refractivity contribution in [2.45, 2.75) is 51.7 Å². The molecule has 0 spiro atoms. The lowest BCUT2D eigenvalue weighted by atomic mass is 10.2. The molecule has 0 amide bonds. The summed E-state index contributed by atoms with van der Waals surface area (Å²) in [6.45, 7) is 7.72. The summed E-state index contributed by atoms with van der Waals surface area (Å²) in [4.78, 5) is 0.262. The van der Waals surface area contributed by atoms with Crippen LogP contribution in [0.25, 0.3) is 0 Å². The summed E-state index contributed by atoms with van der Waals surface area (Å²) in [5.41, 5.74) is 1.25. The molecule has 1 N–H and O–H groups in total. The predicted molar refractivity (Wildman–Crippen MR) is 84.1 cm³/mol. The van der Waals surface area contributed by atoms with E-state index in [9.17, 15) is 13.5 Å². The summed E-state index contributed by atoms with van der Waals surface area (Å²) < 4.78 is 27.9. The Morgan fingerprint density at radius 3 is 2.40 bits per heavy atom. The van der Waals surface area contributed by atoms with Crippen molar-refractivity contribution in [3.8, 4) is 0 Å². The molecule has 0 fully saturated rings. The Labute approximate surface area is 130 Å². The first-order valence-electron chi connectivity index (χ1n) is 6.71. The minimum atomic E-state index is -3.56. The van der Waals surface area contributed by atoms with E-state index in [4.69, 9.17) is 0 Å².